The lowest BCUT2D eigenvalue weighted by atomic mass is 9.82. The maximum absolute atomic E-state index is 12.5. The fraction of sp³-hybridized carbons (Fsp3) is 0.391. The van der Waals surface area contributed by atoms with Gasteiger partial charge in [-0.25, -0.2) is 0 Å². The maximum Gasteiger partial charge on any atom is 0.251 e. The number of nitrogens with one attached hydrogen (secondary N) is 2. The predicted molar refractivity (Wildman–Crippen MR) is 118 cm³/mol. The fourth-order valence-electron chi connectivity index (χ4n) is 3.58. The molecule has 0 bridgehead atoms. The smallest absolute Gasteiger partial charge is 0.251 e. The topological polar surface area (TPSA) is 84.2 Å². The van der Waals surface area contributed by atoms with E-state index in [9.17, 15) is 9.59 Å². The van der Waals surface area contributed by atoms with Crippen molar-refractivity contribution in [2.75, 3.05) is 0 Å². The number of carbonyl (C=O) groups excluding carboxylic acids is 2. The summed E-state index contributed by atoms with van der Waals surface area (Å²) in [5, 5.41) is 5.88. The first-order valence-corrected chi connectivity index (χ1v) is 9.96. The van der Waals surface area contributed by atoms with Crippen molar-refractivity contribution in [2.45, 2.75) is 57.7 Å². The van der Waals surface area contributed by atoms with Crippen molar-refractivity contribution < 1.29 is 9.59 Å². The normalized spacial score (nSPS) is 15.1. The molecule has 4 N–H and O–H groups in total. The molecule has 0 aliphatic heterocycles. The van der Waals surface area contributed by atoms with Crippen LogP contribution in [-0.4, -0.2) is 17.4 Å². The Bertz CT molecular complexity index is 830. The van der Waals surface area contributed by atoms with Crippen LogP contribution in [0.3, 0.4) is 0 Å². The molecule has 0 aromatic heterocycles. The second-order valence-corrected chi connectivity index (χ2v) is 7.77. The molecule has 156 valence electrons. The lowest BCUT2D eigenvalue weighted by Gasteiger charge is -2.31. The molecule has 0 unspecified atom stereocenters. The molecule has 0 saturated heterocycles. The fourth-order valence-corrected chi connectivity index (χ4v) is 3.58. The minimum absolute atomic E-state index is 0. The van der Waals surface area contributed by atoms with Crippen molar-refractivity contribution in [1.82, 2.24) is 10.6 Å². The van der Waals surface area contributed by atoms with Gasteiger partial charge in [-0.15, -0.1) is 12.4 Å². The molecule has 1 fully saturated rings. The van der Waals surface area contributed by atoms with Crippen LogP contribution in [0.25, 0.3) is 0 Å². The minimum atomic E-state index is -0.749. The summed E-state index contributed by atoms with van der Waals surface area (Å²) in [5.41, 5.74) is 9.24. The van der Waals surface area contributed by atoms with Crippen molar-refractivity contribution in [2.24, 2.45) is 5.73 Å². The summed E-state index contributed by atoms with van der Waals surface area (Å²) in [6, 6.07) is 15.4. The van der Waals surface area contributed by atoms with Gasteiger partial charge >= 0.3 is 0 Å². The Morgan fingerprint density at radius 3 is 2.28 bits per heavy atom. The van der Waals surface area contributed by atoms with E-state index < -0.39 is 5.54 Å². The quantitative estimate of drug-likeness (QED) is 0.673. The highest BCUT2D eigenvalue weighted by Crippen LogP contribution is 2.26. The van der Waals surface area contributed by atoms with Crippen LogP contribution in [-0.2, 0) is 17.9 Å². The average Bonchev–Trinajstić information content (AvgIpc) is 2.72. The Morgan fingerprint density at radius 1 is 0.931 bits per heavy atom. The molecule has 1 saturated carbocycles. The zero-order valence-corrected chi connectivity index (χ0v) is 17.7. The Kier molecular flexibility index (Phi) is 8.23. The monoisotopic (exact) mass is 415 g/mol. The third kappa shape index (κ3) is 6.31. The summed E-state index contributed by atoms with van der Waals surface area (Å²) in [6.45, 7) is 2.89. The molecule has 5 nitrogen and oxygen atoms in total. The van der Waals surface area contributed by atoms with Crippen molar-refractivity contribution in [3.8, 4) is 0 Å². The summed E-state index contributed by atoms with van der Waals surface area (Å²) in [6.07, 6.45) is 4.62. The molecule has 2 aromatic carbocycles. The van der Waals surface area contributed by atoms with E-state index in [0.29, 0.717) is 18.7 Å². The summed E-state index contributed by atoms with van der Waals surface area (Å²) >= 11 is 0. The highest BCUT2D eigenvalue weighted by Gasteiger charge is 2.34. The number of hydrogen-bond acceptors (Lipinski definition) is 3. The number of nitrogens with two attached hydrogens (primary N) is 1. The van der Waals surface area contributed by atoms with E-state index in [4.69, 9.17) is 5.73 Å². The molecular weight excluding hydrogens is 386 g/mol. The molecule has 29 heavy (non-hydrogen) atoms. The predicted octanol–water partition coefficient (Wildman–Crippen LogP) is 3.62. The molecule has 0 heterocycles. The standard InChI is InChI=1S/C23H29N3O2.ClH/c1-17-8-10-18(11-9-17)15-25-21(27)20-7-5-6-19(14-20)16-26-22(28)23(24)12-3-2-4-13-23;/h5-11,14H,2-4,12-13,15-16,24H2,1H3,(H,25,27)(H,26,28);1H. The lowest BCUT2D eigenvalue weighted by Crippen LogP contribution is -2.54. The summed E-state index contributed by atoms with van der Waals surface area (Å²) in [4.78, 5) is 24.9. The maximum atomic E-state index is 12.5. The van der Waals surface area contributed by atoms with Gasteiger partial charge in [-0.2, -0.15) is 0 Å². The van der Waals surface area contributed by atoms with Crippen molar-refractivity contribution in [3.05, 3.63) is 70.8 Å². The molecule has 0 radical (unpaired) electrons. The van der Waals surface area contributed by atoms with E-state index >= 15 is 0 Å². The highest BCUT2D eigenvalue weighted by molar-refractivity contribution is 5.94. The van der Waals surface area contributed by atoms with Gasteiger partial charge in [0.25, 0.3) is 5.91 Å². The van der Waals surface area contributed by atoms with E-state index in [-0.39, 0.29) is 24.2 Å². The van der Waals surface area contributed by atoms with E-state index in [1.54, 1.807) is 6.07 Å². The largest absolute Gasteiger partial charge is 0.350 e. The van der Waals surface area contributed by atoms with Crippen LogP contribution < -0.4 is 16.4 Å². The van der Waals surface area contributed by atoms with E-state index in [1.807, 2.05) is 49.4 Å². The molecule has 2 aromatic rings. The van der Waals surface area contributed by atoms with Crippen LogP contribution in [0.1, 0.15) is 59.2 Å². The van der Waals surface area contributed by atoms with Gasteiger partial charge in [0.05, 0.1) is 5.54 Å². The van der Waals surface area contributed by atoms with Gasteiger partial charge in [-0.1, -0.05) is 61.2 Å². The molecule has 0 atom stereocenters. The average molecular weight is 416 g/mol. The van der Waals surface area contributed by atoms with Crippen LogP contribution in [0, 0.1) is 6.92 Å². The molecule has 3 rings (SSSR count). The zero-order valence-electron chi connectivity index (χ0n) is 16.9. The van der Waals surface area contributed by atoms with Gasteiger partial charge in [0.15, 0.2) is 0 Å². The van der Waals surface area contributed by atoms with E-state index in [0.717, 1.165) is 43.2 Å². The van der Waals surface area contributed by atoms with Crippen LogP contribution in [0.5, 0.6) is 0 Å². The van der Waals surface area contributed by atoms with Crippen LogP contribution in [0.2, 0.25) is 0 Å². The number of aryl methyl sites for hydroxylation is 1. The van der Waals surface area contributed by atoms with Gasteiger partial charge in [0.2, 0.25) is 5.91 Å². The number of amides is 2. The minimum Gasteiger partial charge on any atom is -0.350 e. The lowest BCUT2D eigenvalue weighted by molar-refractivity contribution is -0.127. The highest BCUT2D eigenvalue weighted by atomic mass is 35.5. The van der Waals surface area contributed by atoms with Crippen molar-refractivity contribution in [1.29, 1.82) is 0 Å². The van der Waals surface area contributed by atoms with E-state index in [2.05, 4.69) is 10.6 Å². The second kappa shape index (κ2) is 10.4. The zero-order chi connectivity index (χ0) is 20.0. The number of rotatable bonds is 6. The third-order valence-corrected chi connectivity index (χ3v) is 5.41. The summed E-state index contributed by atoms with van der Waals surface area (Å²) in [7, 11) is 0. The molecule has 0 spiro atoms. The van der Waals surface area contributed by atoms with Gasteiger partial charge in [-0.05, 0) is 43.0 Å². The van der Waals surface area contributed by atoms with Crippen LogP contribution in [0.4, 0.5) is 0 Å². The molecule has 1 aliphatic carbocycles. The number of halogens is 1. The number of hydrogen-bond donors (Lipinski definition) is 3. The Labute approximate surface area is 178 Å². The SMILES string of the molecule is Cc1ccc(CNC(=O)c2cccc(CNC(=O)C3(N)CCCCC3)c2)cc1.Cl. The van der Waals surface area contributed by atoms with Gasteiger partial charge in [0.1, 0.15) is 0 Å². The second-order valence-electron chi connectivity index (χ2n) is 7.77. The van der Waals surface area contributed by atoms with Gasteiger partial charge < -0.3 is 16.4 Å². The Balaban J connectivity index is 0.00000300. The Morgan fingerprint density at radius 2 is 1.59 bits per heavy atom. The number of benzene rings is 2. The van der Waals surface area contributed by atoms with Crippen molar-refractivity contribution >= 4 is 24.2 Å². The van der Waals surface area contributed by atoms with Crippen LogP contribution >= 0.6 is 12.4 Å². The van der Waals surface area contributed by atoms with Gasteiger partial charge in [0, 0.05) is 18.7 Å². The van der Waals surface area contributed by atoms with Gasteiger partial charge in [-0.3, -0.25) is 9.59 Å². The molecule has 6 heteroatoms. The molecular formula is C23H30ClN3O2. The summed E-state index contributed by atoms with van der Waals surface area (Å²) in [5.74, 6) is -0.224. The first kappa shape index (κ1) is 22.9. The van der Waals surface area contributed by atoms with Crippen molar-refractivity contribution in [3.63, 3.8) is 0 Å². The third-order valence-electron chi connectivity index (χ3n) is 5.41. The number of carbonyl (C=O) groups is 2. The first-order valence-electron chi connectivity index (χ1n) is 9.96. The summed E-state index contributed by atoms with van der Waals surface area (Å²) < 4.78 is 0. The van der Waals surface area contributed by atoms with Crippen LogP contribution in [0.15, 0.2) is 48.5 Å². The molecule has 2 amide bonds. The first-order chi connectivity index (χ1) is 13.5. The van der Waals surface area contributed by atoms with E-state index in [1.165, 1.54) is 5.56 Å². The molecule has 1 aliphatic rings. The Hall–Kier alpha value is -2.37.